The molecule has 102 valence electrons. The zero-order valence-corrected chi connectivity index (χ0v) is 10.7. The van der Waals surface area contributed by atoms with E-state index in [1.165, 1.54) is 0 Å². The van der Waals surface area contributed by atoms with Crippen molar-refractivity contribution in [1.29, 1.82) is 0 Å². The van der Waals surface area contributed by atoms with E-state index in [-0.39, 0.29) is 18.7 Å². The molecule has 0 unspecified atom stereocenters. The van der Waals surface area contributed by atoms with Crippen LogP contribution in [0.1, 0.15) is 29.6 Å². The maximum Gasteiger partial charge on any atom is 0.251 e. The van der Waals surface area contributed by atoms with E-state index in [2.05, 4.69) is 5.32 Å². The summed E-state index contributed by atoms with van der Waals surface area (Å²) in [7, 11) is 0. The Kier molecular flexibility index (Phi) is 3.55. The van der Waals surface area contributed by atoms with Crippen molar-refractivity contribution in [2.75, 3.05) is 20.0 Å². The number of amides is 1. The monoisotopic (exact) mass is 263 g/mol. The number of ether oxygens (including phenoxy) is 3. The molecule has 2 heterocycles. The van der Waals surface area contributed by atoms with Crippen LogP contribution in [0.25, 0.3) is 0 Å². The summed E-state index contributed by atoms with van der Waals surface area (Å²) < 4.78 is 15.9. The molecule has 0 bridgehead atoms. The van der Waals surface area contributed by atoms with Gasteiger partial charge in [0, 0.05) is 24.8 Å². The Morgan fingerprint density at radius 3 is 3.00 bits per heavy atom. The predicted molar refractivity (Wildman–Crippen MR) is 68.5 cm³/mol. The van der Waals surface area contributed by atoms with Crippen molar-refractivity contribution >= 4 is 5.91 Å². The fourth-order valence-corrected chi connectivity index (χ4v) is 2.35. The van der Waals surface area contributed by atoms with Crippen molar-refractivity contribution < 1.29 is 19.0 Å². The zero-order chi connectivity index (χ0) is 13.1. The molecule has 1 aromatic rings. The molecule has 0 aromatic heterocycles. The molecule has 0 spiro atoms. The summed E-state index contributed by atoms with van der Waals surface area (Å²) in [6, 6.07) is 5.45. The van der Waals surface area contributed by atoms with Gasteiger partial charge in [-0.3, -0.25) is 4.79 Å². The quantitative estimate of drug-likeness (QED) is 0.882. The average molecular weight is 263 g/mol. The molecule has 1 saturated heterocycles. The topological polar surface area (TPSA) is 56.8 Å². The van der Waals surface area contributed by atoms with Gasteiger partial charge in [0.25, 0.3) is 5.91 Å². The lowest BCUT2D eigenvalue weighted by Gasteiger charge is -2.15. The van der Waals surface area contributed by atoms with E-state index in [1.54, 1.807) is 18.2 Å². The number of carbonyl (C=O) groups is 1. The van der Waals surface area contributed by atoms with Crippen LogP contribution < -0.4 is 14.8 Å². The molecule has 2 aliphatic rings. The normalized spacial score (nSPS) is 21.8. The molecule has 1 amide bonds. The molecule has 0 radical (unpaired) electrons. The number of hydrogen-bond acceptors (Lipinski definition) is 4. The van der Waals surface area contributed by atoms with Gasteiger partial charge in [-0.25, -0.2) is 0 Å². The van der Waals surface area contributed by atoms with Gasteiger partial charge < -0.3 is 19.5 Å². The summed E-state index contributed by atoms with van der Waals surface area (Å²) in [6.07, 6.45) is 2.83. The van der Waals surface area contributed by atoms with E-state index in [9.17, 15) is 4.79 Å². The lowest BCUT2D eigenvalue weighted by atomic mass is 10.1. The van der Waals surface area contributed by atoms with Gasteiger partial charge >= 0.3 is 0 Å². The molecule has 1 aromatic carbocycles. The van der Waals surface area contributed by atoms with Crippen molar-refractivity contribution in [3.8, 4) is 11.5 Å². The fourth-order valence-electron chi connectivity index (χ4n) is 2.35. The Morgan fingerprint density at radius 2 is 2.05 bits per heavy atom. The molecule has 2 aliphatic heterocycles. The van der Waals surface area contributed by atoms with E-state index >= 15 is 0 Å². The van der Waals surface area contributed by atoms with E-state index < -0.39 is 0 Å². The van der Waals surface area contributed by atoms with Crippen LogP contribution in [0.4, 0.5) is 0 Å². The van der Waals surface area contributed by atoms with Crippen LogP contribution in [0.15, 0.2) is 18.2 Å². The Bertz CT molecular complexity index is 467. The molecule has 0 aliphatic carbocycles. The number of nitrogens with one attached hydrogen (secondary N) is 1. The predicted octanol–water partition coefficient (Wildman–Crippen LogP) is 1.71. The third-order valence-corrected chi connectivity index (χ3v) is 3.42. The second-order valence-corrected chi connectivity index (χ2v) is 4.78. The summed E-state index contributed by atoms with van der Waals surface area (Å²) in [5, 5.41) is 3.05. The lowest BCUT2D eigenvalue weighted by Crippen LogP contribution is -2.34. The highest BCUT2D eigenvalue weighted by Crippen LogP contribution is 2.32. The second-order valence-electron chi connectivity index (χ2n) is 4.78. The Balaban J connectivity index is 1.66. The summed E-state index contributed by atoms with van der Waals surface area (Å²) in [5.74, 6) is 1.27. The fraction of sp³-hybridized carbons (Fsp3) is 0.500. The molecule has 1 atom stereocenters. The maximum atomic E-state index is 12.2. The lowest BCUT2D eigenvalue weighted by molar-refractivity contribution is 0.0929. The highest BCUT2D eigenvalue weighted by atomic mass is 16.7. The van der Waals surface area contributed by atoms with Crippen LogP contribution in [-0.2, 0) is 4.74 Å². The van der Waals surface area contributed by atoms with Gasteiger partial charge in [0.15, 0.2) is 11.5 Å². The highest BCUT2D eigenvalue weighted by Gasteiger charge is 2.19. The Morgan fingerprint density at radius 1 is 1.16 bits per heavy atom. The summed E-state index contributed by atoms with van der Waals surface area (Å²) in [6.45, 7) is 1.73. The van der Waals surface area contributed by atoms with Crippen molar-refractivity contribution in [3.05, 3.63) is 23.8 Å². The van der Waals surface area contributed by atoms with E-state index in [1.807, 2.05) is 0 Å². The van der Waals surface area contributed by atoms with Gasteiger partial charge in [-0.15, -0.1) is 0 Å². The third kappa shape index (κ3) is 2.81. The van der Waals surface area contributed by atoms with Gasteiger partial charge in [0.05, 0.1) is 0 Å². The first kappa shape index (κ1) is 12.3. The molecule has 0 saturated carbocycles. The molecular formula is C14H17NO4. The van der Waals surface area contributed by atoms with Crippen LogP contribution >= 0.6 is 0 Å². The largest absolute Gasteiger partial charge is 0.454 e. The molecule has 1 fully saturated rings. The van der Waals surface area contributed by atoms with Gasteiger partial charge in [0.1, 0.15) is 0 Å². The number of hydrogen-bond donors (Lipinski definition) is 1. The minimum atomic E-state index is -0.0646. The first-order valence-electron chi connectivity index (χ1n) is 6.61. The summed E-state index contributed by atoms with van der Waals surface area (Å²) in [5.41, 5.74) is 0.606. The van der Waals surface area contributed by atoms with Gasteiger partial charge in [0.2, 0.25) is 6.79 Å². The first-order chi connectivity index (χ1) is 9.33. The van der Waals surface area contributed by atoms with Crippen LogP contribution in [0.3, 0.4) is 0 Å². The van der Waals surface area contributed by atoms with Gasteiger partial charge in [-0.2, -0.15) is 0 Å². The molecule has 5 nitrogen and oxygen atoms in total. The van der Waals surface area contributed by atoms with Gasteiger partial charge in [-0.05, 0) is 37.5 Å². The number of fused-ring (bicyclic) bond motifs is 1. The van der Waals surface area contributed by atoms with Crippen molar-refractivity contribution in [1.82, 2.24) is 5.32 Å². The first-order valence-corrected chi connectivity index (χ1v) is 6.61. The number of carbonyl (C=O) groups excluding carboxylic acids is 1. The standard InChI is InChI=1S/C14H17NO4/c16-14(15-11-2-1-6-17-7-5-11)10-3-4-12-13(8-10)19-9-18-12/h3-4,8,11H,1-2,5-7,9H2,(H,15,16)/t11-/m0/s1. The zero-order valence-electron chi connectivity index (χ0n) is 10.7. The Labute approximate surface area is 111 Å². The highest BCUT2D eigenvalue weighted by molar-refractivity contribution is 5.95. The van der Waals surface area contributed by atoms with E-state index in [0.29, 0.717) is 23.7 Å². The van der Waals surface area contributed by atoms with E-state index in [4.69, 9.17) is 14.2 Å². The van der Waals surface area contributed by atoms with Crippen LogP contribution in [-0.4, -0.2) is 32.0 Å². The SMILES string of the molecule is O=C(N[C@H]1CCCOCC1)c1ccc2c(c1)OCO2. The van der Waals surface area contributed by atoms with Crippen molar-refractivity contribution in [3.63, 3.8) is 0 Å². The number of benzene rings is 1. The van der Waals surface area contributed by atoms with Crippen LogP contribution in [0.5, 0.6) is 11.5 Å². The summed E-state index contributed by atoms with van der Waals surface area (Å²) >= 11 is 0. The van der Waals surface area contributed by atoms with Crippen molar-refractivity contribution in [2.24, 2.45) is 0 Å². The third-order valence-electron chi connectivity index (χ3n) is 3.42. The van der Waals surface area contributed by atoms with Gasteiger partial charge in [-0.1, -0.05) is 0 Å². The maximum absolute atomic E-state index is 12.2. The number of rotatable bonds is 2. The average Bonchev–Trinajstić information content (AvgIpc) is 2.75. The molecule has 19 heavy (non-hydrogen) atoms. The molecule has 3 rings (SSSR count). The molecular weight excluding hydrogens is 246 g/mol. The van der Waals surface area contributed by atoms with Crippen LogP contribution in [0, 0.1) is 0 Å². The smallest absolute Gasteiger partial charge is 0.251 e. The van der Waals surface area contributed by atoms with E-state index in [0.717, 1.165) is 25.9 Å². The van der Waals surface area contributed by atoms with Crippen LogP contribution in [0.2, 0.25) is 0 Å². The summed E-state index contributed by atoms with van der Waals surface area (Å²) in [4.78, 5) is 12.2. The molecule has 1 N–H and O–H groups in total. The minimum Gasteiger partial charge on any atom is -0.454 e. The van der Waals surface area contributed by atoms with Crippen molar-refractivity contribution in [2.45, 2.75) is 25.3 Å². The minimum absolute atomic E-state index is 0.0646. The second kappa shape index (κ2) is 5.48. The Hall–Kier alpha value is -1.75. The molecule has 5 heteroatoms.